The van der Waals surface area contributed by atoms with E-state index in [0.717, 1.165) is 55.8 Å². The summed E-state index contributed by atoms with van der Waals surface area (Å²) in [7, 11) is 7.45. The zero-order valence-corrected chi connectivity index (χ0v) is 26.8. The molecule has 0 aromatic heterocycles. The maximum Gasteiger partial charge on any atom is 0.253 e. The van der Waals surface area contributed by atoms with Gasteiger partial charge in [-0.1, -0.05) is 40.5 Å². The first kappa shape index (κ1) is 35.6. The molecule has 3 rings (SSSR count). The molecule has 0 radical (unpaired) electrons. The highest BCUT2D eigenvalue weighted by Crippen LogP contribution is 2.26. The zero-order valence-electron chi connectivity index (χ0n) is 26.8. The van der Waals surface area contributed by atoms with Gasteiger partial charge in [-0.05, 0) is 88.3 Å². The van der Waals surface area contributed by atoms with Gasteiger partial charge >= 0.3 is 0 Å². The lowest BCUT2D eigenvalue weighted by molar-refractivity contribution is 0.0750. The number of nitrogens with zero attached hydrogens (tertiary/aromatic N) is 4. The summed E-state index contributed by atoms with van der Waals surface area (Å²) in [4.78, 5) is 35.4. The fourth-order valence-corrected chi connectivity index (χ4v) is 4.20. The number of benzene rings is 2. The van der Waals surface area contributed by atoms with Crippen molar-refractivity contribution >= 4 is 35.2 Å². The Bertz CT molecular complexity index is 1040. The van der Waals surface area contributed by atoms with Gasteiger partial charge in [0.1, 0.15) is 0 Å². The molecule has 0 atom stereocenters. The van der Waals surface area contributed by atoms with E-state index in [9.17, 15) is 9.59 Å². The van der Waals surface area contributed by atoms with Gasteiger partial charge in [0.25, 0.3) is 11.8 Å². The van der Waals surface area contributed by atoms with Crippen LogP contribution in [0, 0.1) is 0 Å². The predicted octanol–water partition coefficient (Wildman–Crippen LogP) is 6.98. The van der Waals surface area contributed by atoms with Crippen LogP contribution < -0.4 is 10.6 Å². The third-order valence-electron chi connectivity index (χ3n) is 6.67. The van der Waals surface area contributed by atoms with E-state index in [4.69, 9.17) is 0 Å². The van der Waals surface area contributed by atoms with E-state index >= 15 is 0 Å². The number of rotatable bonds is 12. The van der Waals surface area contributed by atoms with Crippen molar-refractivity contribution in [1.29, 1.82) is 0 Å². The van der Waals surface area contributed by atoms with Gasteiger partial charge in [-0.25, -0.2) is 4.99 Å². The SMILES string of the molecule is CC.CCCCN(CCCC)C(=O)c1ccc(N=CNc2ccc(C(=O)N(C)C)cc2)c(NC)c1.CN1CCCC1. The number of hydrogen-bond donors (Lipinski definition) is 2. The van der Waals surface area contributed by atoms with E-state index in [2.05, 4.69) is 41.4 Å². The fraction of sp³-hybridized carbons (Fsp3) is 0.545. The standard InChI is InChI=1S/C26H37N5O2.C5H11N.C2H6/c1-6-8-16-31(17-9-7-2)26(33)21-12-15-23(24(18-21)27-3)29-19-28-22-13-10-20(11-14-22)25(32)30(4)5;1-6-4-2-3-5-6;1-2/h10-15,18-19,27H,6-9,16-17H2,1-5H3,(H,28,29);2-5H2,1H3;1-2H3. The Morgan fingerprint density at radius 2 is 1.46 bits per heavy atom. The highest BCUT2D eigenvalue weighted by molar-refractivity contribution is 5.97. The number of amides is 2. The number of unbranched alkanes of at least 4 members (excludes halogenated alkanes) is 2. The second-order valence-electron chi connectivity index (χ2n) is 10.2. The Kier molecular flexibility index (Phi) is 17.8. The summed E-state index contributed by atoms with van der Waals surface area (Å²) in [6, 6.07) is 12.8. The van der Waals surface area contributed by atoms with Crippen LogP contribution in [0.3, 0.4) is 0 Å². The molecule has 0 aliphatic carbocycles. The molecule has 2 N–H and O–H groups in total. The van der Waals surface area contributed by atoms with Crippen LogP contribution in [0.15, 0.2) is 47.5 Å². The third kappa shape index (κ3) is 12.8. The summed E-state index contributed by atoms with van der Waals surface area (Å²) in [6.45, 7) is 12.5. The molecule has 228 valence electrons. The van der Waals surface area contributed by atoms with Gasteiger partial charge in [-0.3, -0.25) is 9.59 Å². The first-order chi connectivity index (χ1) is 19.8. The number of carbonyl (C=O) groups excluding carboxylic acids is 2. The van der Waals surface area contributed by atoms with Crippen molar-refractivity contribution in [3.05, 3.63) is 53.6 Å². The average molecular weight is 567 g/mol. The molecule has 1 aliphatic heterocycles. The van der Waals surface area contributed by atoms with Crippen molar-refractivity contribution in [3.63, 3.8) is 0 Å². The first-order valence-electron chi connectivity index (χ1n) is 15.2. The summed E-state index contributed by atoms with van der Waals surface area (Å²) in [5.74, 6) is 0.0286. The summed E-state index contributed by atoms with van der Waals surface area (Å²) in [5, 5.41) is 6.26. The largest absolute Gasteiger partial charge is 0.386 e. The van der Waals surface area contributed by atoms with E-state index < -0.39 is 0 Å². The molecule has 0 saturated carbocycles. The van der Waals surface area contributed by atoms with Crippen LogP contribution in [-0.2, 0) is 0 Å². The van der Waals surface area contributed by atoms with Gasteiger partial charge in [0.05, 0.1) is 17.7 Å². The van der Waals surface area contributed by atoms with E-state index in [1.165, 1.54) is 25.9 Å². The first-order valence-corrected chi connectivity index (χ1v) is 15.2. The van der Waals surface area contributed by atoms with Gasteiger partial charge in [0.2, 0.25) is 0 Å². The van der Waals surface area contributed by atoms with Crippen LogP contribution in [0.5, 0.6) is 0 Å². The van der Waals surface area contributed by atoms with Crippen LogP contribution >= 0.6 is 0 Å². The van der Waals surface area contributed by atoms with Crippen molar-refractivity contribution in [3.8, 4) is 0 Å². The molecule has 1 heterocycles. The lowest BCUT2D eigenvalue weighted by Gasteiger charge is -2.23. The summed E-state index contributed by atoms with van der Waals surface area (Å²) in [5.41, 5.74) is 3.65. The minimum absolute atomic E-state index is 0.0357. The number of likely N-dealkylation sites (tertiary alicyclic amines) is 1. The van der Waals surface area contributed by atoms with Gasteiger partial charge in [-0.15, -0.1) is 0 Å². The molecule has 0 spiro atoms. The third-order valence-corrected chi connectivity index (χ3v) is 6.67. The lowest BCUT2D eigenvalue weighted by Crippen LogP contribution is -2.33. The van der Waals surface area contributed by atoms with E-state index in [1.54, 1.807) is 37.5 Å². The fourth-order valence-electron chi connectivity index (χ4n) is 4.20. The quantitative estimate of drug-likeness (QED) is 0.214. The maximum absolute atomic E-state index is 13.1. The van der Waals surface area contributed by atoms with Crippen LogP contribution in [0.25, 0.3) is 0 Å². The Hall–Kier alpha value is -3.39. The molecular weight excluding hydrogens is 512 g/mol. The van der Waals surface area contributed by atoms with Crippen LogP contribution in [0.2, 0.25) is 0 Å². The van der Waals surface area contributed by atoms with Crippen molar-refractivity contribution in [2.45, 2.75) is 66.2 Å². The Morgan fingerprint density at radius 1 is 0.902 bits per heavy atom. The van der Waals surface area contributed by atoms with Crippen molar-refractivity contribution in [2.24, 2.45) is 4.99 Å². The van der Waals surface area contributed by atoms with Gasteiger partial charge in [0.15, 0.2) is 0 Å². The van der Waals surface area contributed by atoms with Crippen molar-refractivity contribution in [2.75, 3.05) is 65.0 Å². The summed E-state index contributed by atoms with van der Waals surface area (Å²) in [6.07, 6.45) is 8.57. The van der Waals surface area contributed by atoms with Crippen molar-refractivity contribution in [1.82, 2.24) is 14.7 Å². The molecular formula is C33H54N6O2. The Balaban J connectivity index is 0.000000912. The molecule has 8 nitrogen and oxygen atoms in total. The molecule has 1 aliphatic rings. The minimum Gasteiger partial charge on any atom is -0.386 e. The highest BCUT2D eigenvalue weighted by atomic mass is 16.2. The molecule has 2 aromatic rings. The number of nitrogens with one attached hydrogen (secondary N) is 2. The normalized spacial score (nSPS) is 12.6. The molecule has 8 heteroatoms. The molecule has 41 heavy (non-hydrogen) atoms. The number of carbonyl (C=O) groups is 2. The monoisotopic (exact) mass is 566 g/mol. The second-order valence-corrected chi connectivity index (χ2v) is 10.2. The van der Waals surface area contributed by atoms with E-state index in [-0.39, 0.29) is 11.8 Å². The van der Waals surface area contributed by atoms with Crippen LogP contribution in [0.1, 0.15) is 86.9 Å². The number of aliphatic imine (C=N–C) groups is 1. The average Bonchev–Trinajstić information content (AvgIpc) is 3.49. The molecule has 1 saturated heterocycles. The Labute approximate surface area is 249 Å². The summed E-state index contributed by atoms with van der Waals surface area (Å²) < 4.78 is 0. The second kappa shape index (κ2) is 20.5. The number of anilines is 2. The molecule has 1 fully saturated rings. The zero-order chi connectivity index (χ0) is 30.6. The van der Waals surface area contributed by atoms with Gasteiger partial charge < -0.3 is 25.3 Å². The predicted molar refractivity (Wildman–Crippen MR) is 176 cm³/mol. The topological polar surface area (TPSA) is 80.3 Å². The summed E-state index contributed by atoms with van der Waals surface area (Å²) >= 11 is 0. The molecule has 0 unspecified atom stereocenters. The van der Waals surface area contributed by atoms with Gasteiger partial charge in [0, 0.05) is 51.0 Å². The van der Waals surface area contributed by atoms with Crippen molar-refractivity contribution < 1.29 is 9.59 Å². The molecule has 2 aromatic carbocycles. The highest BCUT2D eigenvalue weighted by Gasteiger charge is 2.16. The van der Waals surface area contributed by atoms with E-state index in [0.29, 0.717) is 11.1 Å². The molecule has 0 bridgehead atoms. The van der Waals surface area contributed by atoms with Crippen LogP contribution in [0.4, 0.5) is 17.1 Å². The van der Waals surface area contributed by atoms with Crippen LogP contribution in [-0.4, -0.2) is 87.2 Å². The minimum atomic E-state index is -0.0357. The smallest absolute Gasteiger partial charge is 0.253 e. The van der Waals surface area contributed by atoms with E-state index in [1.807, 2.05) is 56.1 Å². The Morgan fingerprint density at radius 3 is 1.93 bits per heavy atom. The molecule has 2 amide bonds. The van der Waals surface area contributed by atoms with Gasteiger partial charge in [-0.2, -0.15) is 0 Å². The lowest BCUT2D eigenvalue weighted by atomic mass is 10.1. The maximum atomic E-state index is 13.1. The number of hydrogen-bond acceptors (Lipinski definition) is 5.